The lowest BCUT2D eigenvalue weighted by atomic mass is 10.0. The summed E-state index contributed by atoms with van der Waals surface area (Å²) in [6.07, 6.45) is 3.40. The van der Waals surface area contributed by atoms with Crippen molar-refractivity contribution in [2.75, 3.05) is 16.8 Å². The van der Waals surface area contributed by atoms with Crippen LogP contribution in [0.15, 0.2) is 36.4 Å². The molecule has 160 valence electrons. The lowest BCUT2D eigenvalue weighted by Crippen LogP contribution is -2.32. The third-order valence-corrected chi connectivity index (χ3v) is 6.12. The van der Waals surface area contributed by atoms with Crippen molar-refractivity contribution >= 4 is 35.0 Å². The smallest absolute Gasteiger partial charge is 0.337 e. The fraction of sp³-hybridized carbons (Fsp3) is 0.304. The third-order valence-electron chi connectivity index (χ3n) is 6.12. The molecule has 1 aliphatic heterocycles. The van der Waals surface area contributed by atoms with Crippen LogP contribution in [0.3, 0.4) is 0 Å². The van der Waals surface area contributed by atoms with Crippen molar-refractivity contribution in [1.82, 2.24) is 0 Å². The molecule has 2 aliphatic rings. The maximum absolute atomic E-state index is 13.0. The number of aromatic carboxylic acids is 2. The van der Waals surface area contributed by atoms with E-state index < -0.39 is 17.8 Å². The number of benzene rings is 2. The minimum atomic E-state index is -1.32. The minimum Gasteiger partial charge on any atom is -0.478 e. The van der Waals surface area contributed by atoms with Crippen LogP contribution in [0.5, 0.6) is 0 Å². The SMILES string of the molecule is CC(=O)c1ccc(C(=O)O)c(C(=O)Nc2cc(N3CC4CCC3C4)ccc2C(=O)O)c1. The van der Waals surface area contributed by atoms with Gasteiger partial charge in [0, 0.05) is 23.8 Å². The Morgan fingerprint density at radius 2 is 1.65 bits per heavy atom. The van der Waals surface area contributed by atoms with Gasteiger partial charge in [0.2, 0.25) is 0 Å². The van der Waals surface area contributed by atoms with Gasteiger partial charge in [-0.15, -0.1) is 0 Å². The number of hydrogen-bond acceptors (Lipinski definition) is 5. The van der Waals surface area contributed by atoms with Crippen LogP contribution in [0.4, 0.5) is 11.4 Å². The van der Waals surface area contributed by atoms with Gasteiger partial charge in [-0.1, -0.05) is 6.07 Å². The van der Waals surface area contributed by atoms with Gasteiger partial charge in [-0.3, -0.25) is 9.59 Å². The van der Waals surface area contributed by atoms with Gasteiger partial charge in [-0.25, -0.2) is 9.59 Å². The number of piperidine rings is 1. The molecule has 3 N–H and O–H groups in total. The number of fused-ring (bicyclic) bond motifs is 2. The van der Waals surface area contributed by atoms with Crippen LogP contribution in [-0.2, 0) is 0 Å². The van der Waals surface area contributed by atoms with E-state index in [1.54, 1.807) is 12.1 Å². The molecule has 2 atom stereocenters. The van der Waals surface area contributed by atoms with Crippen LogP contribution in [0, 0.1) is 5.92 Å². The van der Waals surface area contributed by atoms with Crippen molar-refractivity contribution in [3.63, 3.8) is 0 Å². The molecule has 31 heavy (non-hydrogen) atoms. The van der Waals surface area contributed by atoms with Crippen LogP contribution in [0.1, 0.15) is 67.6 Å². The zero-order chi connectivity index (χ0) is 22.3. The summed E-state index contributed by atoms with van der Waals surface area (Å²) in [7, 11) is 0. The number of carboxylic acid groups (broad SMARTS) is 2. The highest BCUT2D eigenvalue weighted by atomic mass is 16.4. The number of Topliss-reactive ketones (excluding diaryl/α,β-unsaturated/α-hetero) is 1. The number of carbonyl (C=O) groups is 4. The highest BCUT2D eigenvalue weighted by Crippen LogP contribution is 2.41. The van der Waals surface area contributed by atoms with Gasteiger partial charge in [0.25, 0.3) is 5.91 Å². The molecule has 1 amide bonds. The Hall–Kier alpha value is -3.68. The molecule has 2 unspecified atom stereocenters. The molecule has 8 nitrogen and oxygen atoms in total. The first-order chi connectivity index (χ1) is 14.7. The average Bonchev–Trinajstić information content (AvgIpc) is 3.36. The minimum absolute atomic E-state index is 0.0855. The Morgan fingerprint density at radius 3 is 2.23 bits per heavy atom. The van der Waals surface area contributed by atoms with Gasteiger partial charge >= 0.3 is 11.9 Å². The Kier molecular flexibility index (Phi) is 5.22. The molecule has 8 heteroatoms. The van der Waals surface area contributed by atoms with E-state index in [2.05, 4.69) is 10.2 Å². The Morgan fingerprint density at radius 1 is 0.935 bits per heavy atom. The van der Waals surface area contributed by atoms with Crippen LogP contribution >= 0.6 is 0 Å². The molecule has 0 radical (unpaired) electrons. The largest absolute Gasteiger partial charge is 0.478 e. The number of rotatable bonds is 6. The second-order valence-electron chi connectivity index (χ2n) is 8.10. The summed E-state index contributed by atoms with van der Waals surface area (Å²) in [5.74, 6) is -3.00. The van der Waals surface area contributed by atoms with E-state index in [-0.39, 0.29) is 33.7 Å². The predicted molar refractivity (Wildman–Crippen MR) is 113 cm³/mol. The molecule has 2 bridgehead atoms. The summed E-state index contributed by atoms with van der Waals surface area (Å²) in [5.41, 5.74) is 0.525. The second-order valence-corrected chi connectivity index (χ2v) is 8.10. The molecule has 0 aromatic heterocycles. The van der Waals surface area contributed by atoms with Gasteiger partial charge in [-0.05, 0) is 62.4 Å². The number of carboxylic acids is 2. The zero-order valence-electron chi connectivity index (χ0n) is 16.9. The average molecular weight is 422 g/mol. The van der Waals surface area contributed by atoms with E-state index in [1.807, 2.05) is 0 Å². The Balaban J connectivity index is 1.70. The van der Waals surface area contributed by atoms with Crippen LogP contribution in [0.25, 0.3) is 0 Å². The van der Waals surface area contributed by atoms with Crippen LogP contribution in [0.2, 0.25) is 0 Å². The standard InChI is InChI=1S/C23H22N2O6/c1-12(26)14-3-6-17(22(28)29)19(9-14)21(27)24-20-10-16(5-7-18(20)23(30)31)25-11-13-2-4-15(25)8-13/h3,5-7,9-10,13,15H,2,4,8,11H2,1H3,(H,24,27)(H,28,29)(H,30,31). The predicted octanol–water partition coefficient (Wildman–Crippen LogP) is 3.53. The molecule has 2 aromatic rings. The topological polar surface area (TPSA) is 124 Å². The molecule has 1 saturated carbocycles. The second kappa shape index (κ2) is 7.86. The first kappa shape index (κ1) is 20.6. The number of anilines is 2. The van der Waals surface area contributed by atoms with Gasteiger partial charge in [0.15, 0.2) is 5.78 Å². The molecule has 0 spiro atoms. The highest BCUT2D eigenvalue weighted by Gasteiger charge is 2.38. The number of hydrogen-bond donors (Lipinski definition) is 3. The summed E-state index contributed by atoms with van der Waals surface area (Å²) >= 11 is 0. The number of ketones is 1. The van der Waals surface area contributed by atoms with E-state index in [0.29, 0.717) is 12.0 Å². The van der Waals surface area contributed by atoms with Gasteiger partial charge in [-0.2, -0.15) is 0 Å². The van der Waals surface area contributed by atoms with Gasteiger partial charge in [0.05, 0.1) is 22.4 Å². The molecule has 2 fully saturated rings. The molecule has 1 saturated heterocycles. The first-order valence-electron chi connectivity index (χ1n) is 10.1. The first-order valence-corrected chi connectivity index (χ1v) is 10.1. The van der Waals surface area contributed by atoms with Crippen LogP contribution < -0.4 is 10.2 Å². The quantitative estimate of drug-likeness (QED) is 0.608. The maximum atomic E-state index is 13.0. The number of carbonyl (C=O) groups excluding carboxylic acids is 2. The number of nitrogens with one attached hydrogen (secondary N) is 1. The lowest BCUT2D eigenvalue weighted by molar-refractivity contribution is 0.0684. The van der Waals surface area contributed by atoms with Crippen molar-refractivity contribution in [3.05, 3.63) is 58.7 Å². The summed E-state index contributed by atoms with van der Waals surface area (Å²) in [6.45, 7) is 2.21. The van der Waals surface area contributed by atoms with Crippen LogP contribution in [-0.4, -0.2) is 46.4 Å². The van der Waals surface area contributed by atoms with E-state index >= 15 is 0 Å². The Labute approximate surface area is 178 Å². The van der Waals surface area contributed by atoms with E-state index in [4.69, 9.17) is 0 Å². The molecule has 2 aromatic carbocycles. The van der Waals surface area contributed by atoms with E-state index in [0.717, 1.165) is 25.1 Å². The molecule has 1 heterocycles. The van der Waals surface area contributed by atoms with Gasteiger partial charge < -0.3 is 20.4 Å². The number of amides is 1. The van der Waals surface area contributed by atoms with Gasteiger partial charge in [0.1, 0.15) is 0 Å². The molecular formula is C23H22N2O6. The fourth-order valence-corrected chi connectivity index (χ4v) is 4.57. The highest BCUT2D eigenvalue weighted by molar-refractivity contribution is 6.13. The zero-order valence-corrected chi connectivity index (χ0v) is 16.9. The third kappa shape index (κ3) is 3.88. The summed E-state index contributed by atoms with van der Waals surface area (Å²) in [5, 5.41) is 21.6. The van der Waals surface area contributed by atoms with Crippen molar-refractivity contribution in [2.45, 2.75) is 32.2 Å². The molecular weight excluding hydrogens is 400 g/mol. The van der Waals surface area contributed by atoms with Crippen molar-refractivity contribution in [3.8, 4) is 0 Å². The normalized spacial score (nSPS) is 19.3. The lowest BCUT2D eigenvalue weighted by Gasteiger charge is -2.29. The van der Waals surface area contributed by atoms with E-state index in [1.165, 1.54) is 37.6 Å². The number of nitrogens with zero attached hydrogens (tertiary/aromatic N) is 1. The summed E-state index contributed by atoms with van der Waals surface area (Å²) in [4.78, 5) is 50.2. The molecule has 4 rings (SSSR count). The monoisotopic (exact) mass is 422 g/mol. The fourth-order valence-electron chi connectivity index (χ4n) is 4.57. The summed E-state index contributed by atoms with van der Waals surface area (Å²) in [6, 6.07) is 8.97. The van der Waals surface area contributed by atoms with E-state index in [9.17, 15) is 29.4 Å². The summed E-state index contributed by atoms with van der Waals surface area (Å²) < 4.78 is 0. The van der Waals surface area contributed by atoms with Crippen molar-refractivity contribution < 1.29 is 29.4 Å². The van der Waals surface area contributed by atoms with Crippen molar-refractivity contribution in [2.24, 2.45) is 5.92 Å². The molecule has 1 aliphatic carbocycles. The maximum Gasteiger partial charge on any atom is 0.337 e. The Bertz CT molecular complexity index is 1110. The van der Waals surface area contributed by atoms with Crippen molar-refractivity contribution in [1.29, 1.82) is 0 Å².